The summed E-state index contributed by atoms with van der Waals surface area (Å²) in [6.07, 6.45) is -3.43. The number of sulfonamides is 1. The van der Waals surface area contributed by atoms with Crippen LogP contribution in [0.25, 0.3) is 0 Å². The van der Waals surface area contributed by atoms with Crippen LogP contribution in [0.3, 0.4) is 0 Å². The Morgan fingerprint density at radius 2 is 1.96 bits per heavy atom. The van der Waals surface area contributed by atoms with Gasteiger partial charge >= 0.3 is 6.18 Å². The number of nitrogens with zero attached hydrogens (tertiary/aromatic N) is 1. The molecule has 2 N–H and O–H groups in total. The van der Waals surface area contributed by atoms with E-state index < -0.39 is 34.4 Å². The van der Waals surface area contributed by atoms with E-state index in [0.717, 1.165) is 24.4 Å². The number of nitrogens with one attached hydrogen (secondary N) is 1. The molecule has 5 nitrogen and oxygen atoms in total. The highest BCUT2D eigenvalue weighted by atomic mass is 32.2. The second kappa shape index (κ2) is 6.65. The number of halogens is 3. The SMILES string of the molecule is O=S(=O)(NC[C@@H](O)c1cccc(C(F)(F)F)c1)c1cccnc1. The predicted octanol–water partition coefficient (Wildman–Crippen LogP) is 2.11. The Kier molecular flexibility index (Phi) is 5.03. The first-order chi connectivity index (χ1) is 10.7. The van der Waals surface area contributed by atoms with E-state index in [2.05, 4.69) is 9.71 Å². The van der Waals surface area contributed by atoms with Crippen LogP contribution < -0.4 is 4.72 Å². The van der Waals surface area contributed by atoms with Crippen LogP contribution in [0.15, 0.2) is 53.7 Å². The van der Waals surface area contributed by atoms with Crippen LogP contribution in [0.1, 0.15) is 17.2 Å². The van der Waals surface area contributed by atoms with Gasteiger partial charge in [-0.05, 0) is 29.8 Å². The van der Waals surface area contributed by atoms with Crippen molar-refractivity contribution in [3.05, 3.63) is 59.9 Å². The molecule has 0 saturated carbocycles. The van der Waals surface area contributed by atoms with Crippen molar-refractivity contribution in [3.8, 4) is 0 Å². The van der Waals surface area contributed by atoms with Gasteiger partial charge in [0.25, 0.3) is 0 Å². The first kappa shape index (κ1) is 17.4. The second-order valence-electron chi connectivity index (χ2n) is 4.68. The van der Waals surface area contributed by atoms with Crippen molar-refractivity contribution in [3.63, 3.8) is 0 Å². The van der Waals surface area contributed by atoms with Crippen LogP contribution in [-0.2, 0) is 16.2 Å². The average Bonchev–Trinajstić information content (AvgIpc) is 2.53. The van der Waals surface area contributed by atoms with Crippen molar-refractivity contribution in [1.82, 2.24) is 9.71 Å². The molecular formula is C14H13F3N2O3S. The maximum absolute atomic E-state index is 12.6. The number of hydrogen-bond donors (Lipinski definition) is 2. The summed E-state index contributed by atoms with van der Waals surface area (Å²) >= 11 is 0. The second-order valence-corrected chi connectivity index (χ2v) is 6.45. The maximum atomic E-state index is 12.6. The van der Waals surface area contributed by atoms with Crippen molar-refractivity contribution >= 4 is 10.0 Å². The van der Waals surface area contributed by atoms with Crippen LogP contribution in [0, 0.1) is 0 Å². The first-order valence-electron chi connectivity index (χ1n) is 6.45. The van der Waals surface area contributed by atoms with Crippen LogP contribution in [0.4, 0.5) is 13.2 Å². The first-order valence-corrected chi connectivity index (χ1v) is 7.93. The Morgan fingerprint density at radius 3 is 2.57 bits per heavy atom. The number of alkyl halides is 3. The molecule has 0 fully saturated rings. The van der Waals surface area contributed by atoms with E-state index in [9.17, 15) is 26.7 Å². The molecule has 1 heterocycles. The topological polar surface area (TPSA) is 79.3 Å². The molecule has 23 heavy (non-hydrogen) atoms. The summed E-state index contributed by atoms with van der Waals surface area (Å²) in [5.74, 6) is 0. The van der Waals surface area contributed by atoms with Gasteiger partial charge in [0.15, 0.2) is 0 Å². The summed E-state index contributed by atoms with van der Waals surface area (Å²) in [6.45, 7) is -0.460. The fourth-order valence-corrected chi connectivity index (χ4v) is 2.82. The highest BCUT2D eigenvalue weighted by molar-refractivity contribution is 7.89. The fourth-order valence-electron chi connectivity index (χ4n) is 1.82. The molecular weight excluding hydrogens is 333 g/mol. The zero-order chi connectivity index (χ0) is 17.1. The third-order valence-electron chi connectivity index (χ3n) is 3.01. The molecule has 0 aliphatic rings. The van der Waals surface area contributed by atoms with E-state index in [-0.39, 0.29) is 10.5 Å². The zero-order valence-corrected chi connectivity index (χ0v) is 12.5. The Bertz CT molecular complexity index is 764. The summed E-state index contributed by atoms with van der Waals surface area (Å²) < 4.78 is 63.9. The van der Waals surface area contributed by atoms with Crippen LogP contribution >= 0.6 is 0 Å². The van der Waals surface area contributed by atoms with Crippen molar-refractivity contribution in [2.45, 2.75) is 17.2 Å². The molecule has 1 aromatic carbocycles. The molecule has 1 aromatic heterocycles. The minimum atomic E-state index is -4.54. The lowest BCUT2D eigenvalue weighted by molar-refractivity contribution is -0.137. The quantitative estimate of drug-likeness (QED) is 0.869. The third-order valence-corrected chi connectivity index (χ3v) is 4.42. The van der Waals surface area contributed by atoms with E-state index in [1.54, 1.807) is 0 Å². The summed E-state index contributed by atoms with van der Waals surface area (Å²) in [5.41, 5.74) is -0.946. The summed E-state index contributed by atoms with van der Waals surface area (Å²) in [4.78, 5) is 3.57. The lowest BCUT2D eigenvalue weighted by Crippen LogP contribution is -2.28. The van der Waals surface area contributed by atoms with Crippen molar-refractivity contribution in [1.29, 1.82) is 0 Å². The third kappa shape index (κ3) is 4.50. The highest BCUT2D eigenvalue weighted by Crippen LogP contribution is 2.30. The van der Waals surface area contributed by atoms with Gasteiger partial charge in [-0.15, -0.1) is 0 Å². The molecule has 0 unspecified atom stereocenters. The van der Waals surface area contributed by atoms with Gasteiger partial charge in [0.1, 0.15) is 4.90 Å². The number of aliphatic hydroxyl groups excluding tert-OH is 1. The molecule has 0 aliphatic heterocycles. The van der Waals surface area contributed by atoms with Gasteiger partial charge in [-0.1, -0.05) is 12.1 Å². The van der Waals surface area contributed by atoms with Gasteiger partial charge < -0.3 is 5.11 Å². The van der Waals surface area contributed by atoms with E-state index in [4.69, 9.17) is 0 Å². The molecule has 1 atom stereocenters. The normalized spacial score (nSPS) is 13.7. The summed E-state index contributed by atoms with van der Waals surface area (Å²) in [5, 5.41) is 9.91. The van der Waals surface area contributed by atoms with Crippen LogP contribution in [0.2, 0.25) is 0 Å². The minimum absolute atomic E-state index is 0.0336. The van der Waals surface area contributed by atoms with Gasteiger partial charge in [0.05, 0.1) is 11.7 Å². The van der Waals surface area contributed by atoms with Gasteiger partial charge in [-0.25, -0.2) is 13.1 Å². The zero-order valence-electron chi connectivity index (χ0n) is 11.7. The van der Waals surface area contributed by atoms with E-state index in [1.165, 1.54) is 24.4 Å². The van der Waals surface area contributed by atoms with E-state index in [0.29, 0.717) is 0 Å². The smallest absolute Gasteiger partial charge is 0.387 e. The molecule has 0 amide bonds. The largest absolute Gasteiger partial charge is 0.416 e. The number of hydrogen-bond acceptors (Lipinski definition) is 4. The van der Waals surface area contributed by atoms with Crippen molar-refractivity contribution < 1.29 is 26.7 Å². The molecule has 2 aromatic rings. The molecule has 2 rings (SSSR count). The number of benzene rings is 1. The standard InChI is InChI=1S/C14H13F3N2O3S/c15-14(16,17)11-4-1-3-10(7-11)13(20)9-19-23(21,22)12-5-2-6-18-8-12/h1-8,13,19-20H,9H2/t13-/m1/s1. The minimum Gasteiger partial charge on any atom is -0.387 e. The van der Waals surface area contributed by atoms with Gasteiger partial charge in [-0.2, -0.15) is 13.2 Å². The molecule has 0 spiro atoms. The molecule has 9 heteroatoms. The van der Waals surface area contributed by atoms with Crippen molar-refractivity contribution in [2.24, 2.45) is 0 Å². The predicted molar refractivity (Wildman–Crippen MR) is 75.8 cm³/mol. The monoisotopic (exact) mass is 346 g/mol. The Balaban J connectivity index is 2.10. The molecule has 0 bridgehead atoms. The Morgan fingerprint density at radius 1 is 1.22 bits per heavy atom. The Labute approximate surface area is 130 Å². The molecule has 0 aliphatic carbocycles. The van der Waals surface area contributed by atoms with Gasteiger partial charge in [-0.3, -0.25) is 4.98 Å². The summed E-state index contributed by atoms with van der Waals surface area (Å²) in [6, 6.07) is 6.83. The Hall–Kier alpha value is -1.97. The lowest BCUT2D eigenvalue weighted by atomic mass is 10.1. The van der Waals surface area contributed by atoms with Gasteiger partial charge in [0, 0.05) is 18.9 Å². The van der Waals surface area contributed by atoms with E-state index >= 15 is 0 Å². The molecule has 0 radical (unpaired) electrons. The van der Waals surface area contributed by atoms with E-state index in [1.807, 2.05) is 0 Å². The molecule has 124 valence electrons. The highest BCUT2D eigenvalue weighted by Gasteiger charge is 2.31. The van der Waals surface area contributed by atoms with Crippen LogP contribution in [0.5, 0.6) is 0 Å². The summed E-state index contributed by atoms with van der Waals surface area (Å²) in [7, 11) is -3.90. The van der Waals surface area contributed by atoms with Crippen LogP contribution in [-0.4, -0.2) is 25.1 Å². The van der Waals surface area contributed by atoms with Crippen molar-refractivity contribution in [2.75, 3.05) is 6.54 Å². The lowest BCUT2D eigenvalue weighted by Gasteiger charge is -2.14. The number of aliphatic hydroxyl groups is 1. The average molecular weight is 346 g/mol. The number of pyridine rings is 1. The number of aromatic nitrogens is 1. The maximum Gasteiger partial charge on any atom is 0.416 e. The van der Waals surface area contributed by atoms with Gasteiger partial charge in [0.2, 0.25) is 10.0 Å². The fraction of sp³-hybridized carbons (Fsp3) is 0.214. The number of rotatable bonds is 5. The molecule has 0 saturated heterocycles.